The summed E-state index contributed by atoms with van der Waals surface area (Å²) >= 11 is 10.9. The van der Waals surface area contributed by atoms with Crippen molar-refractivity contribution >= 4 is 50.4 Å². The second kappa shape index (κ2) is 5.20. The van der Waals surface area contributed by atoms with Gasteiger partial charge in [-0.1, -0.05) is 0 Å². The summed E-state index contributed by atoms with van der Waals surface area (Å²) in [6, 6.07) is 4.04. The first-order chi connectivity index (χ1) is 8.06. The van der Waals surface area contributed by atoms with Crippen LogP contribution in [0.4, 0.5) is 11.5 Å². The van der Waals surface area contributed by atoms with Crippen LogP contribution in [0.3, 0.4) is 0 Å². The highest BCUT2D eigenvalue weighted by Gasteiger charge is 2.07. The smallest absolute Gasteiger partial charge is 0.224 e. The molecular formula is C10H10BrClN4S. The molecule has 2 heterocycles. The van der Waals surface area contributed by atoms with Crippen LogP contribution < -0.4 is 11.1 Å². The molecule has 0 atom stereocenters. The first kappa shape index (κ1) is 12.6. The highest BCUT2D eigenvalue weighted by Crippen LogP contribution is 2.25. The Morgan fingerprint density at radius 3 is 2.88 bits per heavy atom. The van der Waals surface area contributed by atoms with Crippen LogP contribution in [0.5, 0.6) is 0 Å². The number of hydrogen-bond donors (Lipinski definition) is 2. The van der Waals surface area contributed by atoms with Crippen molar-refractivity contribution in [3.63, 3.8) is 0 Å². The van der Waals surface area contributed by atoms with E-state index in [4.69, 9.17) is 17.3 Å². The zero-order chi connectivity index (χ0) is 12.4. The van der Waals surface area contributed by atoms with Crippen molar-refractivity contribution in [1.82, 2.24) is 9.97 Å². The van der Waals surface area contributed by atoms with E-state index in [1.807, 2.05) is 12.1 Å². The summed E-state index contributed by atoms with van der Waals surface area (Å²) in [4.78, 5) is 9.23. The summed E-state index contributed by atoms with van der Waals surface area (Å²) in [6.45, 7) is 2.46. The summed E-state index contributed by atoms with van der Waals surface area (Å²) in [7, 11) is 0. The van der Waals surface area contributed by atoms with E-state index in [9.17, 15) is 0 Å². The Bertz CT molecular complexity index is 543. The van der Waals surface area contributed by atoms with Crippen molar-refractivity contribution in [1.29, 1.82) is 0 Å². The fourth-order valence-electron chi connectivity index (χ4n) is 1.30. The molecule has 0 aliphatic rings. The monoisotopic (exact) mass is 332 g/mol. The molecule has 17 heavy (non-hydrogen) atoms. The van der Waals surface area contributed by atoms with Crippen LogP contribution in [0.25, 0.3) is 0 Å². The van der Waals surface area contributed by atoms with Gasteiger partial charge in [0.1, 0.15) is 0 Å². The molecular weight excluding hydrogens is 324 g/mol. The van der Waals surface area contributed by atoms with Crippen LogP contribution in [0.2, 0.25) is 5.28 Å². The molecule has 0 aliphatic carbocycles. The van der Waals surface area contributed by atoms with Gasteiger partial charge in [0.15, 0.2) is 5.82 Å². The maximum absolute atomic E-state index is 5.87. The minimum Gasteiger partial charge on any atom is -0.394 e. The third kappa shape index (κ3) is 3.08. The van der Waals surface area contributed by atoms with Crippen molar-refractivity contribution < 1.29 is 0 Å². The molecule has 0 unspecified atom stereocenters. The molecule has 0 bridgehead atoms. The fraction of sp³-hybridized carbons (Fsp3) is 0.200. The maximum atomic E-state index is 5.87. The van der Waals surface area contributed by atoms with Crippen molar-refractivity contribution in [2.24, 2.45) is 0 Å². The van der Waals surface area contributed by atoms with Gasteiger partial charge in [-0.15, -0.1) is 11.3 Å². The minimum atomic E-state index is 0.201. The summed E-state index contributed by atoms with van der Waals surface area (Å²) in [6.07, 6.45) is 0. The lowest BCUT2D eigenvalue weighted by Crippen LogP contribution is -2.06. The Labute approximate surface area is 116 Å². The number of rotatable bonds is 3. The normalized spacial score (nSPS) is 10.5. The van der Waals surface area contributed by atoms with Gasteiger partial charge >= 0.3 is 0 Å². The number of nitrogen functional groups attached to an aromatic ring is 1. The van der Waals surface area contributed by atoms with Gasteiger partial charge in [0, 0.05) is 4.88 Å². The van der Waals surface area contributed by atoms with Gasteiger partial charge in [0.25, 0.3) is 0 Å². The average Bonchev–Trinajstić information content (AvgIpc) is 2.67. The van der Waals surface area contributed by atoms with E-state index in [0.717, 1.165) is 3.79 Å². The SMILES string of the molecule is Cc1nc(Cl)nc(NCc2ccc(Br)s2)c1N. The zero-order valence-corrected chi connectivity index (χ0v) is 12.2. The summed E-state index contributed by atoms with van der Waals surface area (Å²) in [5.74, 6) is 0.576. The number of nitrogens with zero attached hydrogens (tertiary/aromatic N) is 2. The number of aromatic nitrogens is 2. The van der Waals surface area contributed by atoms with E-state index in [1.165, 1.54) is 4.88 Å². The van der Waals surface area contributed by atoms with Crippen LogP contribution in [0.1, 0.15) is 10.6 Å². The van der Waals surface area contributed by atoms with Crippen LogP contribution in [-0.2, 0) is 6.54 Å². The summed E-state index contributed by atoms with van der Waals surface area (Å²) in [5, 5.41) is 3.35. The summed E-state index contributed by atoms with van der Waals surface area (Å²) in [5.41, 5.74) is 7.08. The van der Waals surface area contributed by atoms with Crippen molar-refractivity contribution in [2.45, 2.75) is 13.5 Å². The van der Waals surface area contributed by atoms with E-state index < -0.39 is 0 Å². The number of halogens is 2. The Morgan fingerprint density at radius 2 is 2.24 bits per heavy atom. The molecule has 2 rings (SSSR count). The third-order valence-corrected chi connectivity index (χ3v) is 3.96. The van der Waals surface area contributed by atoms with Crippen molar-refractivity contribution in [3.05, 3.63) is 31.8 Å². The number of thiophene rings is 1. The van der Waals surface area contributed by atoms with Crippen molar-refractivity contribution in [2.75, 3.05) is 11.1 Å². The van der Waals surface area contributed by atoms with Gasteiger partial charge in [-0.2, -0.15) is 4.98 Å². The Balaban J connectivity index is 2.14. The Kier molecular flexibility index (Phi) is 3.86. The second-order valence-corrected chi connectivity index (χ2v) is 6.29. The van der Waals surface area contributed by atoms with Crippen LogP contribution >= 0.6 is 38.9 Å². The Hall–Kier alpha value is -0.850. The first-order valence-corrected chi connectivity index (χ1v) is 6.82. The largest absolute Gasteiger partial charge is 0.394 e. The quantitative estimate of drug-likeness (QED) is 0.844. The maximum Gasteiger partial charge on any atom is 0.224 e. The molecule has 4 nitrogen and oxygen atoms in total. The molecule has 0 fully saturated rings. The third-order valence-electron chi connectivity index (χ3n) is 2.17. The number of anilines is 2. The molecule has 0 saturated heterocycles. The van der Waals surface area contributed by atoms with E-state index in [2.05, 4.69) is 31.2 Å². The number of nitrogens with two attached hydrogens (primary N) is 1. The minimum absolute atomic E-state index is 0.201. The van der Waals surface area contributed by atoms with Crippen LogP contribution in [-0.4, -0.2) is 9.97 Å². The highest BCUT2D eigenvalue weighted by atomic mass is 79.9. The Morgan fingerprint density at radius 1 is 1.47 bits per heavy atom. The molecule has 7 heteroatoms. The predicted molar refractivity (Wildman–Crippen MR) is 75.5 cm³/mol. The zero-order valence-electron chi connectivity index (χ0n) is 9.00. The standard InChI is InChI=1S/C10H10BrClN4S/c1-5-8(13)9(16-10(12)15-5)14-4-6-2-3-7(11)17-6/h2-3H,4,13H2,1H3,(H,14,15,16). The molecule has 0 spiro atoms. The van der Waals surface area contributed by atoms with Gasteiger partial charge in [0.2, 0.25) is 5.28 Å². The predicted octanol–water partition coefficient (Wildman–Crippen LogP) is 3.46. The average molecular weight is 334 g/mol. The lowest BCUT2D eigenvalue weighted by Gasteiger charge is -2.09. The first-order valence-electron chi connectivity index (χ1n) is 4.84. The topological polar surface area (TPSA) is 63.8 Å². The molecule has 90 valence electrons. The lowest BCUT2D eigenvalue weighted by atomic mass is 10.3. The van der Waals surface area contributed by atoms with E-state index >= 15 is 0 Å². The lowest BCUT2D eigenvalue weighted by molar-refractivity contribution is 1.07. The molecule has 2 aromatic rings. The molecule has 0 saturated carbocycles. The highest BCUT2D eigenvalue weighted by molar-refractivity contribution is 9.11. The molecule has 0 aliphatic heterocycles. The molecule has 3 N–H and O–H groups in total. The number of aryl methyl sites for hydroxylation is 1. The van der Waals surface area contributed by atoms with Crippen LogP contribution in [0, 0.1) is 6.92 Å². The molecule has 0 radical (unpaired) electrons. The van der Waals surface area contributed by atoms with Gasteiger partial charge < -0.3 is 11.1 Å². The van der Waals surface area contributed by atoms with Gasteiger partial charge in [-0.3, -0.25) is 0 Å². The second-order valence-electron chi connectivity index (χ2n) is 3.40. The van der Waals surface area contributed by atoms with Gasteiger partial charge in [-0.05, 0) is 46.6 Å². The molecule has 0 aromatic carbocycles. The molecule has 2 aromatic heterocycles. The van der Waals surface area contributed by atoms with Gasteiger partial charge in [-0.25, -0.2) is 4.98 Å². The fourth-order valence-corrected chi connectivity index (χ4v) is 2.93. The van der Waals surface area contributed by atoms with Gasteiger partial charge in [0.05, 0.1) is 21.7 Å². The van der Waals surface area contributed by atoms with Crippen molar-refractivity contribution in [3.8, 4) is 0 Å². The number of nitrogens with one attached hydrogen (secondary N) is 1. The number of hydrogen-bond acceptors (Lipinski definition) is 5. The van der Waals surface area contributed by atoms with E-state index in [-0.39, 0.29) is 5.28 Å². The van der Waals surface area contributed by atoms with E-state index in [1.54, 1.807) is 18.3 Å². The van der Waals surface area contributed by atoms with Crippen LogP contribution in [0.15, 0.2) is 15.9 Å². The summed E-state index contributed by atoms with van der Waals surface area (Å²) < 4.78 is 1.10. The van der Waals surface area contributed by atoms with E-state index in [0.29, 0.717) is 23.7 Å². The molecule has 0 amide bonds.